The molecule has 2 N–H and O–H groups in total. The molecule has 0 radical (unpaired) electrons. The molecule has 0 amide bonds. The van der Waals surface area contributed by atoms with Crippen LogP contribution in [0.4, 0.5) is 5.69 Å². The quantitative estimate of drug-likeness (QED) is 0.518. The molecule has 0 saturated carbocycles. The predicted octanol–water partition coefficient (Wildman–Crippen LogP) is 1.73. The third-order valence-electron chi connectivity index (χ3n) is 2.37. The number of hydrogen-bond acceptors (Lipinski definition) is 1. The average Bonchev–Trinajstić information content (AvgIpc) is 2.20. The summed E-state index contributed by atoms with van der Waals surface area (Å²) >= 11 is 2.12. The number of benzene rings is 2. The molecule has 0 aliphatic heterocycles. The van der Waals surface area contributed by atoms with Crippen LogP contribution in [-0.4, -0.2) is 17.7 Å². The molecule has 0 saturated heterocycles. The van der Waals surface area contributed by atoms with Crippen LogP contribution < -0.4 is 9.97 Å². The Hall–Kier alpha value is -1.16. The summed E-state index contributed by atoms with van der Waals surface area (Å²) in [6, 6.07) is 16.3. The van der Waals surface area contributed by atoms with E-state index in [4.69, 9.17) is 5.73 Å². The van der Waals surface area contributed by atoms with Gasteiger partial charge in [-0.3, -0.25) is 0 Å². The summed E-state index contributed by atoms with van der Waals surface area (Å²) < 4.78 is 1.29. The molecule has 0 heterocycles. The van der Waals surface area contributed by atoms with Gasteiger partial charge in [-0.1, -0.05) is 0 Å². The number of hydrogen-bond donors (Lipinski definition) is 1. The van der Waals surface area contributed by atoms with Gasteiger partial charge >= 0.3 is 93.0 Å². The molecule has 0 bridgehead atoms. The van der Waals surface area contributed by atoms with Crippen molar-refractivity contribution in [3.05, 3.63) is 48.5 Å². The van der Waals surface area contributed by atoms with E-state index in [0.29, 0.717) is 0 Å². The zero-order chi connectivity index (χ0) is 9.97. The molecule has 2 heteroatoms. The summed E-state index contributed by atoms with van der Waals surface area (Å²) in [5.41, 5.74) is 8.94. The summed E-state index contributed by atoms with van der Waals surface area (Å²) in [6.07, 6.45) is 0. The van der Waals surface area contributed by atoms with Crippen LogP contribution in [0, 0.1) is 0 Å². The van der Waals surface area contributed by atoms with Gasteiger partial charge in [-0.2, -0.15) is 0 Å². The third-order valence-corrected chi connectivity index (χ3v) is 2.37. The molecular weight excluding hydrogens is 165 g/mol. The molecule has 0 atom stereocenters. The molecule has 0 unspecified atom stereocenters. The van der Waals surface area contributed by atoms with Gasteiger partial charge in [0.25, 0.3) is 0 Å². The van der Waals surface area contributed by atoms with Gasteiger partial charge in [0.2, 0.25) is 0 Å². The van der Waals surface area contributed by atoms with Crippen LogP contribution in [0.1, 0.15) is 0 Å². The molecule has 0 aliphatic carbocycles. The summed E-state index contributed by atoms with van der Waals surface area (Å²) in [4.78, 5) is 0. The van der Waals surface area contributed by atoms with E-state index in [1.807, 2.05) is 12.1 Å². The van der Waals surface area contributed by atoms with Gasteiger partial charge in [0.05, 0.1) is 0 Å². The van der Waals surface area contributed by atoms with Crippen LogP contribution in [-0.2, 0) is 0 Å². The molecule has 2 rings (SSSR count). The Kier molecular flexibility index (Phi) is 2.63. The Bertz CT molecular complexity index is 434. The van der Waals surface area contributed by atoms with Crippen LogP contribution in [0.3, 0.4) is 0 Å². The van der Waals surface area contributed by atoms with E-state index >= 15 is 0 Å². The molecule has 0 aliphatic rings. The molecule has 64 valence electrons. The van der Waals surface area contributed by atoms with E-state index in [0.717, 1.165) is 5.69 Å². The SMILES string of the molecule is [Li][c]1ccccc1-c1ccc(N)cc1. The third kappa shape index (κ3) is 1.85. The molecule has 1 nitrogen and oxygen atoms in total. The summed E-state index contributed by atoms with van der Waals surface area (Å²) in [5.74, 6) is 0. The van der Waals surface area contributed by atoms with Crippen molar-refractivity contribution in [1.29, 1.82) is 0 Å². The zero-order valence-electron chi connectivity index (χ0n) is 8.20. The average molecular weight is 175 g/mol. The van der Waals surface area contributed by atoms with E-state index in [1.54, 1.807) is 0 Å². The first kappa shape index (κ1) is 9.39. The van der Waals surface area contributed by atoms with Gasteiger partial charge in [0, 0.05) is 0 Å². The predicted molar refractivity (Wildman–Crippen MR) is 61.7 cm³/mol. The standard InChI is InChI=1S/C12H10N.Li/c13-12-8-6-11(7-9-12)10-4-2-1-3-5-10;/h1-4,6-9H,13H2;. The monoisotopic (exact) mass is 175 g/mol. The Morgan fingerprint density at radius 3 is 2.14 bits per heavy atom. The van der Waals surface area contributed by atoms with Crippen molar-refractivity contribution in [2.75, 3.05) is 5.73 Å². The van der Waals surface area contributed by atoms with Crippen LogP contribution in [0.15, 0.2) is 48.5 Å². The van der Waals surface area contributed by atoms with Crippen molar-refractivity contribution < 1.29 is 0 Å². The minimum atomic E-state index is 0.808. The van der Waals surface area contributed by atoms with Gasteiger partial charge in [0.1, 0.15) is 0 Å². The maximum atomic E-state index is 5.64. The molecule has 0 fully saturated rings. The fourth-order valence-corrected chi connectivity index (χ4v) is 1.56. The van der Waals surface area contributed by atoms with Gasteiger partial charge < -0.3 is 0 Å². The van der Waals surface area contributed by atoms with Crippen LogP contribution in [0.2, 0.25) is 0 Å². The van der Waals surface area contributed by atoms with Gasteiger partial charge in [0.15, 0.2) is 0 Å². The summed E-state index contributed by atoms with van der Waals surface area (Å²) in [5, 5.41) is 0. The molecule has 2 aromatic carbocycles. The molecular formula is C12H10LiN. The molecule has 0 aromatic heterocycles. The van der Waals surface area contributed by atoms with Gasteiger partial charge in [-0.15, -0.1) is 0 Å². The van der Waals surface area contributed by atoms with E-state index < -0.39 is 0 Å². The number of rotatable bonds is 1. The van der Waals surface area contributed by atoms with Crippen LogP contribution in [0.25, 0.3) is 11.1 Å². The molecule has 2 aromatic rings. The normalized spacial score (nSPS) is 10.1. The summed E-state index contributed by atoms with van der Waals surface area (Å²) in [7, 11) is 0. The topological polar surface area (TPSA) is 26.0 Å². The van der Waals surface area contributed by atoms with Crippen molar-refractivity contribution in [1.82, 2.24) is 0 Å². The second-order valence-electron chi connectivity index (χ2n) is 3.44. The van der Waals surface area contributed by atoms with Gasteiger partial charge in [-0.25, -0.2) is 0 Å². The van der Waals surface area contributed by atoms with Crippen LogP contribution in [0.5, 0.6) is 0 Å². The van der Waals surface area contributed by atoms with Crippen molar-refractivity contribution in [3.63, 3.8) is 0 Å². The maximum absolute atomic E-state index is 5.64. The van der Waals surface area contributed by atoms with Crippen LogP contribution >= 0.6 is 0 Å². The number of nitrogens with two attached hydrogens (primary N) is 1. The second kappa shape index (κ2) is 3.92. The van der Waals surface area contributed by atoms with E-state index in [9.17, 15) is 0 Å². The van der Waals surface area contributed by atoms with Crippen molar-refractivity contribution in [2.24, 2.45) is 0 Å². The minimum absolute atomic E-state index is 0.808. The number of nitrogen functional groups attached to an aromatic ring is 1. The Morgan fingerprint density at radius 2 is 1.50 bits per heavy atom. The Balaban J connectivity index is 2.50. The first-order chi connectivity index (χ1) is 6.77. The van der Waals surface area contributed by atoms with Crippen molar-refractivity contribution in [3.8, 4) is 11.1 Å². The first-order valence-electron chi connectivity index (χ1n) is 4.69. The number of anilines is 1. The molecule has 14 heavy (non-hydrogen) atoms. The summed E-state index contributed by atoms with van der Waals surface area (Å²) in [6.45, 7) is 0. The van der Waals surface area contributed by atoms with Crippen molar-refractivity contribution in [2.45, 2.75) is 0 Å². The Morgan fingerprint density at radius 1 is 0.857 bits per heavy atom. The second-order valence-corrected chi connectivity index (χ2v) is 3.44. The van der Waals surface area contributed by atoms with E-state index in [2.05, 4.69) is 54.1 Å². The van der Waals surface area contributed by atoms with E-state index in [1.165, 1.54) is 15.4 Å². The molecule has 0 spiro atoms. The van der Waals surface area contributed by atoms with E-state index in [-0.39, 0.29) is 0 Å². The zero-order valence-corrected chi connectivity index (χ0v) is 8.20. The Labute approximate surface area is 93.2 Å². The van der Waals surface area contributed by atoms with Crippen molar-refractivity contribution >= 4 is 27.6 Å². The first-order valence-corrected chi connectivity index (χ1v) is 4.69. The fraction of sp³-hybridized carbons (Fsp3) is 0. The fourth-order valence-electron chi connectivity index (χ4n) is 1.56. The van der Waals surface area contributed by atoms with Gasteiger partial charge in [-0.05, 0) is 0 Å².